The Kier molecular flexibility index (Phi) is 4.48. The number of carbonyl (C=O) groups excluding carboxylic acids is 1. The number of anilines is 1. The molecule has 0 spiro atoms. The summed E-state index contributed by atoms with van der Waals surface area (Å²) in [6, 6.07) is 0. The fraction of sp³-hybridized carbons (Fsp3) is 0.333. The highest BCUT2D eigenvalue weighted by Crippen LogP contribution is 2.22. The summed E-state index contributed by atoms with van der Waals surface area (Å²) in [5.41, 5.74) is 5.15. The number of nitrogens with zero attached hydrogens (tertiary/aromatic N) is 1. The van der Waals surface area contributed by atoms with Gasteiger partial charge in [-0.2, -0.15) is 13.2 Å². The van der Waals surface area contributed by atoms with Gasteiger partial charge in [-0.3, -0.25) is 4.79 Å². The second kappa shape index (κ2) is 5.65. The van der Waals surface area contributed by atoms with Gasteiger partial charge in [0, 0.05) is 0 Å². The van der Waals surface area contributed by atoms with Crippen LogP contribution in [0, 0.1) is 11.8 Å². The van der Waals surface area contributed by atoms with Crippen molar-refractivity contribution < 1.29 is 18.0 Å². The Morgan fingerprint density at radius 3 is 2.88 bits per heavy atom. The van der Waals surface area contributed by atoms with Gasteiger partial charge in [0.25, 0.3) is 0 Å². The number of alkyl halides is 3. The number of hydrogen-bond acceptors (Lipinski definition) is 4. The molecule has 0 unspecified atom stereocenters. The molecule has 17 heavy (non-hydrogen) atoms. The largest absolute Gasteiger partial charge is 0.397 e. The topological polar surface area (TPSA) is 68.0 Å². The van der Waals surface area contributed by atoms with Gasteiger partial charge >= 0.3 is 6.18 Å². The number of halogens is 3. The standard InChI is InChI=1S/C9H8F3N3OS/c10-9(11,12)4-7(16)15-8-14-5-6(17-8)2-1-3-13/h5H,3-4,13H2,(H,14,15,16). The third kappa shape index (κ3) is 5.33. The second-order valence-electron chi connectivity index (χ2n) is 2.88. The van der Waals surface area contributed by atoms with Gasteiger partial charge in [-0.15, -0.1) is 0 Å². The summed E-state index contributed by atoms with van der Waals surface area (Å²) in [5, 5.41) is 2.13. The Balaban J connectivity index is 2.58. The smallest absolute Gasteiger partial charge is 0.320 e. The molecule has 4 nitrogen and oxygen atoms in total. The van der Waals surface area contributed by atoms with Crippen molar-refractivity contribution in [2.24, 2.45) is 5.73 Å². The summed E-state index contributed by atoms with van der Waals surface area (Å²) in [5.74, 6) is 4.07. The fourth-order valence-electron chi connectivity index (χ4n) is 0.873. The molecular weight excluding hydrogens is 255 g/mol. The van der Waals surface area contributed by atoms with Gasteiger partial charge in [-0.25, -0.2) is 4.98 Å². The third-order valence-corrected chi connectivity index (χ3v) is 2.25. The molecule has 8 heteroatoms. The van der Waals surface area contributed by atoms with E-state index in [4.69, 9.17) is 5.73 Å². The minimum absolute atomic E-state index is 0.0839. The zero-order chi connectivity index (χ0) is 12.9. The molecule has 1 aromatic heterocycles. The monoisotopic (exact) mass is 263 g/mol. The number of amides is 1. The highest BCUT2D eigenvalue weighted by Gasteiger charge is 2.31. The normalized spacial score (nSPS) is 10.6. The van der Waals surface area contributed by atoms with Crippen LogP contribution in [-0.2, 0) is 4.79 Å². The first-order valence-electron chi connectivity index (χ1n) is 4.42. The molecule has 0 fully saturated rings. The first-order valence-corrected chi connectivity index (χ1v) is 5.24. The molecule has 0 saturated carbocycles. The predicted octanol–water partition coefficient (Wildman–Crippen LogP) is 1.34. The van der Waals surface area contributed by atoms with Crippen LogP contribution in [0.25, 0.3) is 0 Å². The van der Waals surface area contributed by atoms with Crippen LogP contribution in [0.3, 0.4) is 0 Å². The van der Waals surface area contributed by atoms with Crippen LogP contribution in [0.1, 0.15) is 11.3 Å². The van der Waals surface area contributed by atoms with Crippen molar-refractivity contribution >= 4 is 22.4 Å². The van der Waals surface area contributed by atoms with Gasteiger partial charge in [0.1, 0.15) is 6.42 Å². The van der Waals surface area contributed by atoms with Crippen LogP contribution in [0.4, 0.5) is 18.3 Å². The quantitative estimate of drug-likeness (QED) is 0.791. The molecule has 3 N–H and O–H groups in total. The summed E-state index contributed by atoms with van der Waals surface area (Å²) in [6.07, 6.45) is -4.70. The maximum atomic E-state index is 11.9. The van der Waals surface area contributed by atoms with E-state index in [1.54, 1.807) is 0 Å². The molecule has 0 aromatic carbocycles. The van der Waals surface area contributed by atoms with Crippen LogP contribution < -0.4 is 11.1 Å². The summed E-state index contributed by atoms with van der Waals surface area (Å²) >= 11 is 0.988. The zero-order valence-corrected chi connectivity index (χ0v) is 9.28. The van der Waals surface area contributed by atoms with E-state index < -0.39 is 18.5 Å². The number of thiazole rings is 1. The summed E-state index contributed by atoms with van der Waals surface area (Å²) < 4.78 is 35.6. The van der Waals surface area contributed by atoms with Crippen LogP contribution in [0.5, 0.6) is 0 Å². The lowest BCUT2D eigenvalue weighted by atomic mass is 10.4. The molecule has 1 rings (SSSR count). The van der Waals surface area contributed by atoms with Gasteiger partial charge in [0.15, 0.2) is 5.13 Å². The van der Waals surface area contributed by atoms with Gasteiger partial charge in [-0.05, 0) is 0 Å². The Morgan fingerprint density at radius 1 is 1.59 bits per heavy atom. The molecular formula is C9H8F3N3OS. The number of nitrogens with one attached hydrogen (secondary N) is 1. The molecule has 1 heterocycles. The predicted molar refractivity (Wildman–Crippen MR) is 57.3 cm³/mol. The fourth-order valence-corrected chi connectivity index (χ4v) is 1.58. The molecule has 0 saturated heterocycles. The van der Waals surface area contributed by atoms with Crippen LogP contribution in [0.2, 0.25) is 0 Å². The van der Waals surface area contributed by atoms with Gasteiger partial charge in [-0.1, -0.05) is 23.2 Å². The van der Waals surface area contributed by atoms with Crippen molar-refractivity contribution in [2.45, 2.75) is 12.6 Å². The highest BCUT2D eigenvalue weighted by atomic mass is 32.1. The second-order valence-corrected chi connectivity index (χ2v) is 3.91. The van der Waals surface area contributed by atoms with Crippen molar-refractivity contribution in [3.05, 3.63) is 11.1 Å². The number of hydrogen-bond donors (Lipinski definition) is 2. The summed E-state index contributed by atoms with van der Waals surface area (Å²) in [6.45, 7) is 0.174. The average Bonchev–Trinajstić information content (AvgIpc) is 2.59. The minimum Gasteiger partial charge on any atom is -0.320 e. The van der Waals surface area contributed by atoms with E-state index in [0.717, 1.165) is 11.3 Å². The van der Waals surface area contributed by atoms with E-state index in [1.807, 2.05) is 5.32 Å². The van der Waals surface area contributed by atoms with Crippen LogP contribution in [-0.4, -0.2) is 23.6 Å². The Hall–Kier alpha value is -1.59. The van der Waals surface area contributed by atoms with Crippen molar-refractivity contribution in [1.29, 1.82) is 0 Å². The average molecular weight is 263 g/mol. The molecule has 0 radical (unpaired) electrons. The highest BCUT2D eigenvalue weighted by molar-refractivity contribution is 7.16. The molecule has 1 aromatic rings. The van der Waals surface area contributed by atoms with Crippen molar-refractivity contribution in [3.63, 3.8) is 0 Å². The van der Waals surface area contributed by atoms with E-state index in [-0.39, 0.29) is 11.7 Å². The van der Waals surface area contributed by atoms with E-state index in [0.29, 0.717) is 4.88 Å². The van der Waals surface area contributed by atoms with E-state index >= 15 is 0 Å². The zero-order valence-electron chi connectivity index (χ0n) is 8.47. The molecule has 0 aliphatic carbocycles. The molecule has 1 amide bonds. The lowest BCUT2D eigenvalue weighted by Gasteiger charge is -2.04. The Labute approximate surface area is 99.0 Å². The maximum Gasteiger partial charge on any atom is 0.397 e. The molecule has 0 bridgehead atoms. The minimum atomic E-state index is -4.52. The third-order valence-electron chi connectivity index (χ3n) is 1.43. The first-order chi connectivity index (χ1) is 7.90. The number of aromatic nitrogens is 1. The Bertz CT molecular complexity index is 458. The van der Waals surface area contributed by atoms with Crippen molar-refractivity contribution in [3.8, 4) is 11.8 Å². The van der Waals surface area contributed by atoms with E-state index in [9.17, 15) is 18.0 Å². The van der Waals surface area contributed by atoms with Gasteiger partial charge in [0.2, 0.25) is 5.91 Å². The molecule has 0 aliphatic heterocycles. The van der Waals surface area contributed by atoms with E-state index in [1.165, 1.54) is 6.20 Å². The van der Waals surface area contributed by atoms with Crippen LogP contribution in [0.15, 0.2) is 6.20 Å². The van der Waals surface area contributed by atoms with E-state index in [2.05, 4.69) is 16.8 Å². The first kappa shape index (κ1) is 13.5. The SMILES string of the molecule is NCC#Cc1cnc(NC(=O)CC(F)(F)F)s1. The van der Waals surface area contributed by atoms with Gasteiger partial charge in [0.05, 0.1) is 17.6 Å². The van der Waals surface area contributed by atoms with Crippen molar-refractivity contribution in [2.75, 3.05) is 11.9 Å². The Morgan fingerprint density at radius 2 is 2.29 bits per heavy atom. The lowest BCUT2D eigenvalue weighted by molar-refractivity contribution is -0.150. The summed E-state index contributed by atoms with van der Waals surface area (Å²) in [4.78, 5) is 15.2. The number of carbonyl (C=O) groups is 1. The van der Waals surface area contributed by atoms with Crippen LogP contribution >= 0.6 is 11.3 Å². The molecule has 92 valence electrons. The molecule has 0 aliphatic rings. The number of rotatable bonds is 2. The van der Waals surface area contributed by atoms with Crippen molar-refractivity contribution in [1.82, 2.24) is 4.98 Å². The molecule has 0 atom stereocenters. The number of nitrogens with two attached hydrogens (primary N) is 1. The maximum absolute atomic E-state index is 11.9. The summed E-state index contributed by atoms with van der Waals surface area (Å²) in [7, 11) is 0. The van der Waals surface area contributed by atoms with Gasteiger partial charge < -0.3 is 11.1 Å². The lowest BCUT2D eigenvalue weighted by Crippen LogP contribution is -2.20.